The number of hydrogen-bond donors (Lipinski definition) is 0. The Balaban J connectivity index is 2.21. The molecule has 1 fully saturated rings. The van der Waals surface area contributed by atoms with Gasteiger partial charge in [-0.1, -0.05) is 0 Å². The fraction of sp³-hybridized carbons (Fsp3) is 0.400. The van der Waals surface area contributed by atoms with Gasteiger partial charge in [0.25, 0.3) is 0 Å². The SMILES string of the molecule is Cc1cc2c(N3CCC3)ncnc2s1. The minimum atomic E-state index is 1.11. The van der Waals surface area contributed by atoms with Crippen molar-refractivity contribution in [1.29, 1.82) is 0 Å². The van der Waals surface area contributed by atoms with E-state index in [0.717, 1.165) is 23.7 Å². The summed E-state index contributed by atoms with van der Waals surface area (Å²) in [6, 6.07) is 2.19. The molecule has 1 saturated heterocycles. The fourth-order valence-electron chi connectivity index (χ4n) is 1.74. The molecular weight excluding hydrogens is 194 g/mol. The Morgan fingerprint density at radius 3 is 2.93 bits per heavy atom. The predicted octanol–water partition coefficient (Wildman–Crippen LogP) is 2.21. The number of aromatic nitrogens is 2. The molecule has 0 spiro atoms. The van der Waals surface area contributed by atoms with Gasteiger partial charge in [-0.3, -0.25) is 0 Å². The molecule has 0 amide bonds. The molecule has 3 nitrogen and oxygen atoms in total. The minimum Gasteiger partial charge on any atom is -0.356 e. The Kier molecular flexibility index (Phi) is 1.70. The Hall–Kier alpha value is -1.16. The van der Waals surface area contributed by atoms with Gasteiger partial charge in [0.1, 0.15) is 17.0 Å². The Bertz CT molecular complexity index is 473. The van der Waals surface area contributed by atoms with Crippen LogP contribution in [0.4, 0.5) is 5.82 Å². The Morgan fingerprint density at radius 1 is 1.36 bits per heavy atom. The van der Waals surface area contributed by atoms with E-state index in [9.17, 15) is 0 Å². The average molecular weight is 205 g/mol. The second-order valence-electron chi connectivity index (χ2n) is 3.61. The second kappa shape index (κ2) is 2.92. The molecule has 0 aromatic carbocycles. The molecule has 0 aliphatic carbocycles. The van der Waals surface area contributed by atoms with E-state index in [4.69, 9.17) is 0 Å². The summed E-state index contributed by atoms with van der Waals surface area (Å²) < 4.78 is 0. The highest BCUT2D eigenvalue weighted by Gasteiger charge is 2.19. The summed E-state index contributed by atoms with van der Waals surface area (Å²) in [6.07, 6.45) is 2.96. The Labute approximate surface area is 86.4 Å². The number of rotatable bonds is 1. The molecule has 0 N–H and O–H groups in total. The summed E-state index contributed by atoms with van der Waals surface area (Å²) in [5.41, 5.74) is 0. The first-order valence-electron chi connectivity index (χ1n) is 4.81. The van der Waals surface area contributed by atoms with Gasteiger partial charge in [-0.2, -0.15) is 0 Å². The highest BCUT2D eigenvalue weighted by atomic mass is 32.1. The van der Waals surface area contributed by atoms with Crippen LogP contribution in [0.5, 0.6) is 0 Å². The highest BCUT2D eigenvalue weighted by molar-refractivity contribution is 7.18. The van der Waals surface area contributed by atoms with Crippen molar-refractivity contribution in [2.75, 3.05) is 18.0 Å². The molecule has 3 heterocycles. The Morgan fingerprint density at radius 2 is 2.21 bits per heavy atom. The molecule has 0 unspecified atom stereocenters. The smallest absolute Gasteiger partial charge is 0.140 e. The van der Waals surface area contributed by atoms with E-state index in [1.807, 2.05) is 0 Å². The zero-order chi connectivity index (χ0) is 9.54. The maximum Gasteiger partial charge on any atom is 0.140 e. The molecule has 14 heavy (non-hydrogen) atoms. The second-order valence-corrected chi connectivity index (χ2v) is 4.85. The molecule has 1 aliphatic rings. The summed E-state index contributed by atoms with van der Waals surface area (Å²) in [5.74, 6) is 1.12. The maximum atomic E-state index is 4.36. The van der Waals surface area contributed by atoms with Gasteiger partial charge in [-0.15, -0.1) is 11.3 Å². The molecule has 0 saturated carbocycles. The van der Waals surface area contributed by atoms with Crippen LogP contribution in [0.3, 0.4) is 0 Å². The average Bonchev–Trinajstić information content (AvgIpc) is 2.43. The van der Waals surface area contributed by atoms with E-state index >= 15 is 0 Å². The predicted molar refractivity (Wildman–Crippen MR) is 59.0 cm³/mol. The lowest BCUT2D eigenvalue weighted by Gasteiger charge is -2.32. The van der Waals surface area contributed by atoms with E-state index in [2.05, 4.69) is 27.9 Å². The number of fused-ring (bicyclic) bond motifs is 1. The molecule has 2 aromatic rings. The summed E-state index contributed by atoms with van der Waals surface area (Å²) in [7, 11) is 0. The van der Waals surface area contributed by atoms with Crippen molar-refractivity contribution >= 4 is 27.4 Å². The third-order valence-corrected chi connectivity index (χ3v) is 3.55. The van der Waals surface area contributed by atoms with Gasteiger partial charge in [-0.05, 0) is 19.4 Å². The van der Waals surface area contributed by atoms with E-state index in [0.29, 0.717) is 0 Å². The zero-order valence-corrected chi connectivity index (χ0v) is 8.84. The lowest BCUT2D eigenvalue weighted by Crippen LogP contribution is -2.37. The molecule has 0 bridgehead atoms. The van der Waals surface area contributed by atoms with E-state index in [-0.39, 0.29) is 0 Å². The van der Waals surface area contributed by atoms with Gasteiger partial charge in [0.05, 0.1) is 5.39 Å². The number of anilines is 1. The van der Waals surface area contributed by atoms with Crippen LogP contribution >= 0.6 is 11.3 Å². The first-order chi connectivity index (χ1) is 6.84. The largest absolute Gasteiger partial charge is 0.356 e. The maximum absolute atomic E-state index is 4.36. The third kappa shape index (κ3) is 1.10. The van der Waals surface area contributed by atoms with Crippen molar-refractivity contribution < 1.29 is 0 Å². The molecule has 2 aromatic heterocycles. The first kappa shape index (κ1) is 8.17. The molecule has 3 rings (SSSR count). The van der Waals surface area contributed by atoms with Crippen LogP contribution < -0.4 is 4.90 Å². The van der Waals surface area contributed by atoms with Crippen LogP contribution in [0.25, 0.3) is 10.2 Å². The molecular formula is C10H11N3S. The number of nitrogens with zero attached hydrogens (tertiary/aromatic N) is 3. The van der Waals surface area contributed by atoms with Crippen LogP contribution in [0.2, 0.25) is 0 Å². The normalized spacial score (nSPS) is 15.9. The van der Waals surface area contributed by atoms with Crippen molar-refractivity contribution in [2.45, 2.75) is 13.3 Å². The van der Waals surface area contributed by atoms with Crippen LogP contribution in [0, 0.1) is 6.92 Å². The summed E-state index contributed by atoms with van der Waals surface area (Å²) in [5, 5.41) is 1.22. The fourth-order valence-corrected chi connectivity index (χ4v) is 2.59. The lowest BCUT2D eigenvalue weighted by atomic mass is 10.2. The van der Waals surface area contributed by atoms with E-state index < -0.39 is 0 Å². The summed E-state index contributed by atoms with van der Waals surface area (Å²) >= 11 is 1.74. The van der Waals surface area contributed by atoms with Crippen molar-refractivity contribution in [3.05, 3.63) is 17.3 Å². The van der Waals surface area contributed by atoms with E-state index in [1.54, 1.807) is 17.7 Å². The van der Waals surface area contributed by atoms with Crippen LogP contribution in [-0.4, -0.2) is 23.1 Å². The molecule has 4 heteroatoms. The standard InChI is InChI=1S/C10H11N3S/c1-7-5-8-9(13-3-2-4-13)11-6-12-10(8)14-7/h5-6H,2-4H2,1H3. The lowest BCUT2D eigenvalue weighted by molar-refractivity contribution is 0.612. The van der Waals surface area contributed by atoms with E-state index in [1.165, 1.54) is 16.7 Å². The van der Waals surface area contributed by atoms with Gasteiger partial charge in [-0.25, -0.2) is 9.97 Å². The first-order valence-corrected chi connectivity index (χ1v) is 5.62. The third-order valence-electron chi connectivity index (χ3n) is 2.59. The van der Waals surface area contributed by atoms with Gasteiger partial charge in [0.15, 0.2) is 0 Å². The zero-order valence-electron chi connectivity index (χ0n) is 8.03. The van der Waals surface area contributed by atoms with Crippen molar-refractivity contribution in [2.24, 2.45) is 0 Å². The number of hydrogen-bond acceptors (Lipinski definition) is 4. The summed E-state index contributed by atoms with van der Waals surface area (Å²) in [6.45, 7) is 4.40. The topological polar surface area (TPSA) is 29.0 Å². The van der Waals surface area contributed by atoms with Crippen LogP contribution in [0.1, 0.15) is 11.3 Å². The van der Waals surface area contributed by atoms with Crippen molar-refractivity contribution in [3.8, 4) is 0 Å². The van der Waals surface area contributed by atoms with Crippen molar-refractivity contribution in [1.82, 2.24) is 9.97 Å². The minimum absolute atomic E-state index is 1.11. The monoisotopic (exact) mass is 205 g/mol. The van der Waals surface area contributed by atoms with Crippen LogP contribution in [-0.2, 0) is 0 Å². The van der Waals surface area contributed by atoms with Crippen LogP contribution in [0.15, 0.2) is 12.4 Å². The molecule has 0 radical (unpaired) electrons. The molecule has 0 atom stereocenters. The quantitative estimate of drug-likeness (QED) is 0.714. The van der Waals surface area contributed by atoms with Gasteiger partial charge in [0, 0.05) is 18.0 Å². The van der Waals surface area contributed by atoms with Gasteiger partial charge in [0.2, 0.25) is 0 Å². The number of thiophene rings is 1. The summed E-state index contributed by atoms with van der Waals surface area (Å²) in [4.78, 5) is 13.4. The molecule has 1 aliphatic heterocycles. The highest BCUT2D eigenvalue weighted by Crippen LogP contribution is 2.31. The van der Waals surface area contributed by atoms with Gasteiger partial charge >= 0.3 is 0 Å². The van der Waals surface area contributed by atoms with Crippen molar-refractivity contribution in [3.63, 3.8) is 0 Å². The van der Waals surface area contributed by atoms with Gasteiger partial charge < -0.3 is 4.90 Å². The molecule has 72 valence electrons. The number of aryl methyl sites for hydroxylation is 1.